The third kappa shape index (κ3) is 4.21. The van der Waals surface area contributed by atoms with Crippen LogP contribution in [-0.2, 0) is 6.42 Å². The molecule has 0 fully saturated rings. The molecule has 4 aromatic carbocycles. The highest BCUT2D eigenvalue weighted by Crippen LogP contribution is 2.38. The minimum absolute atomic E-state index is 0.662. The molecule has 0 radical (unpaired) electrons. The summed E-state index contributed by atoms with van der Waals surface area (Å²) in [7, 11) is 6.57. The van der Waals surface area contributed by atoms with Gasteiger partial charge in [0.05, 0.1) is 39.8 Å². The third-order valence-corrected chi connectivity index (χ3v) is 6.33. The minimum atomic E-state index is 0.662. The average Bonchev–Trinajstić information content (AvgIpc) is 2.91. The molecule has 0 N–H and O–H groups in total. The Labute approximate surface area is 204 Å². The molecular formula is C30H27NO4. The normalized spacial score (nSPS) is 11.0. The summed E-state index contributed by atoms with van der Waals surface area (Å²) in [4.78, 5) is 5.14. The van der Waals surface area contributed by atoms with E-state index >= 15 is 0 Å². The number of fused-ring (bicyclic) bond motifs is 2. The van der Waals surface area contributed by atoms with Crippen molar-refractivity contribution in [3.05, 3.63) is 90.1 Å². The Morgan fingerprint density at radius 2 is 1.26 bits per heavy atom. The molecule has 0 spiro atoms. The van der Waals surface area contributed by atoms with Crippen molar-refractivity contribution in [3.8, 4) is 34.3 Å². The Hall–Kier alpha value is -4.25. The highest BCUT2D eigenvalue weighted by molar-refractivity contribution is 5.92. The van der Waals surface area contributed by atoms with Crippen LogP contribution in [0, 0.1) is 0 Å². The molecule has 0 saturated carbocycles. The van der Waals surface area contributed by atoms with E-state index in [4.69, 9.17) is 23.9 Å². The molecule has 5 heteroatoms. The van der Waals surface area contributed by atoms with Gasteiger partial charge < -0.3 is 18.9 Å². The van der Waals surface area contributed by atoms with Crippen molar-refractivity contribution in [3.63, 3.8) is 0 Å². The quantitative estimate of drug-likeness (QED) is 0.268. The molecule has 1 heterocycles. The van der Waals surface area contributed by atoms with Crippen LogP contribution in [0.25, 0.3) is 32.8 Å². The number of pyridine rings is 1. The first-order valence-corrected chi connectivity index (χ1v) is 11.4. The van der Waals surface area contributed by atoms with Gasteiger partial charge in [0.2, 0.25) is 0 Å². The van der Waals surface area contributed by atoms with Gasteiger partial charge in [0, 0.05) is 17.4 Å². The van der Waals surface area contributed by atoms with E-state index in [1.165, 1.54) is 16.3 Å². The van der Waals surface area contributed by atoms with Crippen molar-refractivity contribution >= 4 is 21.5 Å². The standard InChI is InChI=1S/C30H27NO4/c1-32-27-13-12-21(16-28(27)33-2)25-15-22-17-29(34-3)30(35-4)18-24(22)26(31-25)14-20-10-7-9-19-8-5-6-11-23(19)20/h5-13,15-18H,14H2,1-4H3. The lowest BCUT2D eigenvalue weighted by molar-refractivity contribution is 0.355. The van der Waals surface area contributed by atoms with Gasteiger partial charge in [-0.1, -0.05) is 42.5 Å². The Morgan fingerprint density at radius 1 is 0.571 bits per heavy atom. The first-order valence-electron chi connectivity index (χ1n) is 11.4. The topological polar surface area (TPSA) is 49.8 Å². The van der Waals surface area contributed by atoms with Gasteiger partial charge in [-0.2, -0.15) is 0 Å². The fourth-order valence-electron chi connectivity index (χ4n) is 4.55. The van der Waals surface area contributed by atoms with Crippen LogP contribution < -0.4 is 18.9 Å². The summed E-state index contributed by atoms with van der Waals surface area (Å²) >= 11 is 0. The summed E-state index contributed by atoms with van der Waals surface area (Å²) in [6, 6.07) is 26.8. The van der Waals surface area contributed by atoms with Crippen LogP contribution in [0.5, 0.6) is 23.0 Å². The number of hydrogen-bond acceptors (Lipinski definition) is 5. The van der Waals surface area contributed by atoms with Gasteiger partial charge in [0.15, 0.2) is 23.0 Å². The molecule has 5 aromatic rings. The molecule has 0 saturated heterocycles. The number of ether oxygens (including phenoxy) is 4. The Balaban J connectivity index is 1.73. The predicted octanol–water partition coefficient (Wildman–Crippen LogP) is 6.68. The Morgan fingerprint density at radius 3 is 2.03 bits per heavy atom. The van der Waals surface area contributed by atoms with Crippen molar-refractivity contribution in [1.29, 1.82) is 0 Å². The van der Waals surface area contributed by atoms with E-state index in [9.17, 15) is 0 Å². The number of aromatic nitrogens is 1. The molecule has 0 aliphatic heterocycles. The zero-order chi connectivity index (χ0) is 24.4. The van der Waals surface area contributed by atoms with Crippen molar-refractivity contribution in [1.82, 2.24) is 4.98 Å². The van der Waals surface area contributed by atoms with Gasteiger partial charge in [-0.25, -0.2) is 0 Å². The van der Waals surface area contributed by atoms with Gasteiger partial charge in [-0.15, -0.1) is 0 Å². The highest BCUT2D eigenvalue weighted by Gasteiger charge is 2.15. The summed E-state index contributed by atoms with van der Waals surface area (Å²) in [6.07, 6.45) is 0.675. The number of nitrogens with zero attached hydrogens (tertiary/aromatic N) is 1. The molecule has 0 unspecified atom stereocenters. The SMILES string of the molecule is COc1ccc(-c2cc3cc(OC)c(OC)cc3c(Cc3cccc4ccccc34)n2)cc1OC. The molecule has 5 rings (SSSR count). The molecule has 0 aliphatic rings. The van der Waals surface area contributed by atoms with Crippen LogP contribution >= 0.6 is 0 Å². The summed E-state index contributed by atoms with van der Waals surface area (Å²) in [6.45, 7) is 0. The number of methoxy groups -OCH3 is 4. The summed E-state index contributed by atoms with van der Waals surface area (Å²) in [5.41, 5.74) is 3.97. The van der Waals surface area contributed by atoms with E-state index in [0.29, 0.717) is 29.4 Å². The van der Waals surface area contributed by atoms with Crippen molar-refractivity contribution < 1.29 is 18.9 Å². The van der Waals surface area contributed by atoms with E-state index in [0.717, 1.165) is 27.7 Å². The van der Waals surface area contributed by atoms with E-state index in [2.05, 4.69) is 48.5 Å². The second-order valence-electron chi connectivity index (χ2n) is 8.27. The van der Waals surface area contributed by atoms with Crippen LogP contribution in [0.1, 0.15) is 11.3 Å². The van der Waals surface area contributed by atoms with Gasteiger partial charge in [-0.3, -0.25) is 4.98 Å². The molecule has 0 atom stereocenters. The van der Waals surface area contributed by atoms with Crippen LogP contribution in [-0.4, -0.2) is 33.4 Å². The summed E-state index contributed by atoms with van der Waals surface area (Å²) < 4.78 is 22.2. The summed E-state index contributed by atoms with van der Waals surface area (Å²) in [5.74, 6) is 2.70. The second kappa shape index (κ2) is 9.55. The van der Waals surface area contributed by atoms with Crippen molar-refractivity contribution in [2.75, 3.05) is 28.4 Å². The fourth-order valence-corrected chi connectivity index (χ4v) is 4.55. The van der Waals surface area contributed by atoms with Crippen LogP contribution in [0.15, 0.2) is 78.9 Å². The number of rotatable bonds is 7. The van der Waals surface area contributed by atoms with Crippen LogP contribution in [0.4, 0.5) is 0 Å². The maximum Gasteiger partial charge on any atom is 0.161 e. The Bertz CT molecular complexity index is 1520. The molecule has 0 aliphatic carbocycles. The van der Waals surface area contributed by atoms with E-state index in [-0.39, 0.29) is 0 Å². The predicted molar refractivity (Wildman–Crippen MR) is 140 cm³/mol. The zero-order valence-corrected chi connectivity index (χ0v) is 20.3. The van der Waals surface area contributed by atoms with E-state index < -0.39 is 0 Å². The van der Waals surface area contributed by atoms with E-state index in [1.54, 1.807) is 28.4 Å². The number of benzene rings is 4. The van der Waals surface area contributed by atoms with Crippen molar-refractivity contribution in [2.45, 2.75) is 6.42 Å². The molecular weight excluding hydrogens is 438 g/mol. The first kappa shape index (κ1) is 22.5. The zero-order valence-electron chi connectivity index (χ0n) is 20.3. The van der Waals surface area contributed by atoms with Gasteiger partial charge in [-0.05, 0) is 58.1 Å². The monoisotopic (exact) mass is 465 g/mol. The fraction of sp³-hybridized carbons (Fsp3) is 0.167. The molecule has 35 heavy (non-hydrogen) atoms. The lowest BCUT2D eigenvalue weighted by atomic mass is 9.97. The Kier molecular flexibility index (Phi) is 6.15. The maximum absolute atomic E-state index is 5.61. The van der Waals surface area contributed by atoms with Crippen LogP contribution in [0.3, 0.4) is 0 Å². The maximum atomic E-state index is 5.61. The molecule has 176 valence electrons. The molecule has 0 amide bonds. The lowest BCUT2D eigenvalue weighted by Gasteiger charge is -2.15. The number of hydrogen-bond donors (Lipinski definition) is 0. The highest BCUT2D eigenvalue weighted by atomic mass is 16.5. The molecule has 0 bridgehead atoms. The van der Waals surface area contributed by atoms with Gasteiger partial charge >= 0.3 is 0 Å². The van der Waals surface area contributed by atoms with E-state index in [1.807, 2.05) is 30.3 Å². The minimum Gasteiger partial charge on any atom is -0.493 e. The average molecular weight is 466 g/mol. The second-order valence-corrected chi connectivity index (χ2v) is 8.27. The van der Waals surface area contributed by atoms with Gasteiger partial charge in [0.1, 0.15) is 0 Å². The third-order valence-electron chi connectivity index (χ3n) is 6.33. The lowest BCUT2D eigenvalue weighted by Crippen LogP contribution is -1.99. The van der Waals surface area contributed by atoms with Gasteiger partial charge in [0.25, 0.3) is 0 Å². The largest absolute Gasteiger partial charge is 0.493 e. The molecule has 5 nitrogen and oxygen atoms in total. The summed E-state index contributed by atoms with van der Waals surface area (Å²) in [5, 5.41) is 4.49. The first-order chi connectivity index (χ1) is 17.1. The van der Waals surface area contributed by atoms with Crippen molar-refractivity contribution in [2.24, 2.45) is 0 Å². The molecule has 1 aromatic heterocycles. The smallest absolute Gasteiger partial charge is 0.161 e. The van der Waals surface area contributed by atoms with Crippen LogP contribution in [0.2, 0.25) is 0 Å².